The summed E-state index contributed by atoms with van der Waals surface area (Å²) in [5, 5.41) is 0. The lowest BCUT2D eigenvalue weighted by Gasteiger charge is -2.05. The lowest BCUT2D eigenvalue weighted by molar-refractivity contribution is -0.121. The fourth-order valence-electron chi connectivity index (χ4n) is 1.12. The number of hydrogen-bond acceptors (Lipinski definition) is 2. The minimum Gasteiger partial charge on any atom is -0.296 e. The lowest BCUT2D eigenvalue weighted by atomic mass is 10.0. The summed E-state index contributed by atoms with van der Waals surface area (Å²) in [6, 6.07) is 2.23. The minimum atomic E-state index is -2.31. The predicted octanol–water partition coefficient (Wildman–Crippen LogP) is 2.46. The van der Waals surface area contributed by atoms with E-state index >= 15 is 0 Å². The van der Waals surface area contributed by atoms with Crippen molar-refractivity contribution in [2.24, 2.45) is 0 Å². The van der Waals surface area contributed by atoms with Crippen LogP contribution in [-0.4, -0.2) is 17.7 Å². The van der Waals surface area contributed by atoms with Crippen molar-refractivity contribution in [2.75, 3.05) is 0 Å². The molecule has 0 fully saturated rings. The van der Waals surface area contributed by atoms with Crippen LogP contribution in [0.5, 0.6) is 0 Å². The first-order chi connectivity index (χ1) is 7.47. The molecule has 1 aromatic carbocycles. The zero-order valence-corrected chi connectivity index (χ0v) is 8.47. The Balaban J connectivity index is 2.97. The number of hydrogen-bond donors (Lipinski definition) is 0. The van der Waals surface area contributed by atoms with Crippen molar-refractivity contribution in [3.63, 3.8) is 0 Å². The summed E-state index contributed by atoms with van der Waals surface area (Å²) in [5.74, 6) is -4.41. The Morgan fingerprint density at radius 1 is 1.25 bits per heavy atom. The SMILES string of the molecule is CCC(=O)C(F)C(=O)c1ccc(F)c(F)c1. The van der Waals surface area contributed by atoms with Crippen LogP contribution in [0.15, 0.2) is 18.2 Å². The molecular formula is C11H9F3O2. The van der Waals surface area contributed by atoms with Crippen molar-refractivity contribution in [1.82, 2.24) is 0 Å². The number of carbonyl (C=O) groups is 2. The molecule has 0 saturated heterocycles. The van der Waals surface area contributed by atoms with Crippen LogP contribution in [0.2, 0.25) is 0 Å². The molecule has 0 radical (unpaired) electrons. The Hall–Kier alpha value is -1.65. The quantitative estimate of drug-likeness (QED) is 0.588. The van der Waals surface area contributed by atoms with Gasteiger partial charge in [-0.15, -0.1) is 0 Å². The van der Waals surface area contributed by atoms with Gasteiger partial charge >= 0.3 is 0 Å². The van der Waals surface area contributed by atoms with Crippen molar-refractivity contribution >= 4 is 11.6 Å². The van der Waals surface area contributed by atoms with Crippen molar-refractivity contribution in [3.05, 3.63) is 35.4 Å². The van der Waals surface area contributed by atoms with Crippen LogP contribution in [0.3, 0.4) is 0 Å². The molecule has 1 aromatic rings. The normalized spacial score (nSPS) is 12.2. The molecule has 0 aliphatic heterocycles. The van der Waals surface area contributed by atoms with Gasteiger partial charge in [0.15, 0.2) is 17.4 Å². The predicted molar refractivity (Wildman–Crippen MR) is 50.9 cm³/mol. The van der Waals surface area contributed by atoms with Gasteiger partial charge in [-0.05, 0) is 18.2 Å². The lowest BCUT2D eigenvalue weighted by Crippen LogP contribution is -2.25. The van der Waals surface area contributed by atoms with Crippen molar-refractivity contribution in [3.8, 4) is 0 Å². The molecule has 2 nitrogen and oxygen atoms in total. The van der Waals surface area contributed by atoms with E-state index in [1.807, 2.05) is 0 Å². The first-order valence-corrected chi connectivity index (χ1v) is 4.63. The number of carbonyl (C=O) groups excluding carboxylic acids is 2. The van der Waals surface area contributed by atoms with E-state index in [1.165, 1.54) is 6.92 Å². The summed E-state index contributed by atoms with van der Waals surface area (Å²) in [6.07, 6.45) is -2.44. The smallest absolute Gasteiger partial charge is 0.220 e. The van der Waals surface area contributed by atoms with E-state index in [9.17, 15) is 22.8 Å². The molecule has 0 spiro atoms. The highest BCUT2D eigenvalue weighted by Gasteiger charge is 2.26. The summed E-state index contributed by atoms with van der Waals surface area (Å²) >= 11 is 0. The van der Waals surface area contributed by atoms with Crippen molar-refractivity contribution in [2.45, 2.75) is 19.5 Å². The second-order valence-electron chi connectivity index (χ2n) is 3.18. The maximum absolute atomic E-state index is 13.2. The molecule has 0 aliphatic carbocycles. The minimum absolute atomic E-state index is 0.128. The number of ketones is 2. The number of alkyl halides is 1. The Bertz CT molecular complexity index is 429. The van der Waals surface area contributed by atoms with E-state index < -0.39 is 29.4 Å². The van der Waals surface area contributed by atoms with Crippen LogP contribution in [0, 0.1) is 11.6 Å². The molecular weight excluding hydrogens is 221 g/mol. The Kier molecular flexibility index (Phi) is 3.82. The van der Waals surface area contributed by atoms with Gasteiger partial charge in [-0.25, -0.2) is 13.2 Å². The summed E-state index contributed by atoms with van der Waals surface area (Å²) in [4.78, 5) is 22.2. The molecule has 0 aliphatic rings. The maximum atomic E-state index is 13.2. The number of Topliss-reactive ketones (excluding diaryl/α,β-unsaturated/α-hetero) is 2. The van der Waals surface area contributed by atoms with Crippen LogP contribution in [0.4, 0.5) is 13.2 Å². The van der Waals surface area contributed by atoms with Gasteiger partial charge in [0.2, 0.25) is 12.0 Å². The van der Waals surface area contributed by atoms with Gasteiger partial charge in [-0.1, -0.05) is 6.92 Å². The number of halogens is 3. The van der Waals surface area contributed by atoms with E-state index in [0.29, 0.717) is 12.1 Å². The fourth-order valence-corrected chi connectivity index (χ4v) is 1.12. The molecule has 0 aromatic heterocycles. The third-order valence-electron chi connectivity index (χ3n) is 2.07. The molecule has 0 saturated carbocycles. The van der Waals surface area contributed by atoms with E-state index in [1.54, 1.807) is 0 Å². The van der Waals surface area contributed by atoms with E-state index in [0.717, 1.165) is 6.07 Å². The Morgan fingerprint density at radius 3 is 2.38 bits per heavy atom. The van der Waals surface area contributed by atoms with Gasteiger partial charge in [0.05, 0.1) is 0 Å². The molecule has 0 heterocycles. The van der Waals surface area contributed by atoms with E-state index in [-0.39, 0.29) is 12.0 Å². The molecule has 1 rings (SSSR count). The fraction of sp³-hybridized carbons (Fsp3) is 0.273. The standard InChI is InChI=1S/C11H9F3O2/c1-2-9(15)10(14)11(16)6-3-4-7(12)8(13)5-6/h3-5,10H,2H2,1H3. The van der Waals surface area contributed by atoms with E-state index in [2.05, 4.69) is 0 Å². The topological polar surface area (TPSA) is 34.1 Å². The monoisotopic (exact) mass is 230 g/mol. The number of rotatable bonds is 4. The van der Waals surface area contributed by atoms with Gasteiger partial charge in [-0.2, -0.15) is 0 Å². The third kappa shape index (κ3) is 2.48. The summed E-state index contributed by atoms with van der Waals surface area (Å²) < 4.78 is 38.5. The van der Waals surface area contributed by atoms with Gasteiger partial charge in [-0.3, -0.25) is 9.59 Å². The molecule has 0 N–H and O–H groups in total. The molecule has 1 unspecified atom stereocenters. The highest BCUT2D eigenvalue weighted by molar-refractivity contribution is 6.13. The first kappa shape index (κ1) is 12.4. The molecule has 16 heavy (non-hydrogen) atoms. The number of benzene rings is 1. The molecule has 5 heteroatoms. The van der Waals surface area contributed by atoms with Crippen LogP contribution in [-0.2, 0) is 4.79 Å². The first-order valence-electron chi connectivity index (χ1n) is 4.63. The largest absolute Gasteiger partial charge is 0.296 e. The molecule has 1 atom stereocenters. The summed E-state index contributed by atoms with van der Waals surface area (Å²) in [5.41, 5.74) is -0.354. The zero-order chi connectivity index (χ0) is 12.3. The Labute approximate surface area is 90.1 Å². The van der Waals surface area contributed by atoms with Gasteiger partial charge in [0.25, 0.3) is 0 Å². The van der Waals surface area contributed by atoms with Crippen molar-refractivity contribution in [1.29, 1.82) is 0 Å². The van der Waals surface area contributed by atoms with Crippen molar-refractivity contribution < 1.29 is 22.8 Å². The van der Waals surface area contributed by atoms with Gasteiger partial charge in [0, 0.05) is 12.0 Å². The third-order valence-corrected chi connectivity index (χ3v) is 2.07. The van der Waals surface area contributed by atoms with Crippen LogP contribution >= 0.6 is 0 Å². The second-order valence-corrected chi connectivity index (χ2v) is 3.18. The van der Waals surface area contributed by atoms with Gasteiger partial charge < -0.3 is 0 Å². The molecule has 0 amide bonds. The summed E-state index contributed by atoms with van der Waals surface area (Å²) in [6.45, 7) is 1.41. The maximum Gasteiger partial charge on any atom is 0.220 e. The van der Waals surface area contributed by atoms with Crippen LogP contribution in [0.25, 0.3) is 0 Å². The molecule has 86 valence electrons. The second kappa shape index (κ2) is 4.92. The zero-order valence-electron chi connectivity index (χ0n) is 8.47. The highest BCUT2D eigenvalue weighted by Crippen LogP contribution is 2.13. The van der Waals surface area contributed by atoms with Gasteiger partial charge in [0.1, 0.15) is 0 Å². The Morgan fingerprint density at radius 2 is 1.88 bits per heavy atom. The average Bonchev–Trinajstić information content (AvgIpc) is 2.29. The highest BCUT2D eigenvalue weighted by atomic mass is 19.2. The average molecular weight is 230 g/mol. The van der Waals surface area contributed by atoms with Crippen LogP contribution < -0.4 is 0 Å². The van der Waals surface area contributed by atoms with E-state index in [4.69, 9.17) is 0 Å². The molecule has 0 bridgehead atoms. The van der Waals surface area contributed by atoms with Crippen LogP contribution in [0.1, 0.15) is 23.7 Å². The summed E-state index contributed by atoms with van der Waals surface area (Å²) in [7, 11) is 0.